The highest BCUT2D eigenvalue weighted by molar-refractivity contribution is 5.92. The minimum Gasteiger partial charge on any atom is -0.335 e. The van der Waals surface area contributed by atoms with E-state index in [-0.39, 0.29) is 5.91 Å². The summed E-state index contributed by atoms with van der Waals surface area (Å²) in [6.45, 7) is 6.91. The van der Waals surface area contributed by atoms with E-state index in [1.54, 1.807) is 0 Å². The molecule has 2 heterocycles. The van der Waals surface area contributed by atoms with Crippen molar-refractivity contribution in [2.45, 2.75) is 59.0 Å². The molecule has 2 aromatic heterocycles. The average molecular weight is 413 g/mol. The largest absolute Gasteiger partial charge is 0.335 e. The van der Waals surface area contributed by atoms with Gasteiger partial charge in [0.2, 0.25) is 5.91 Å². The molecule has 1 saturated carbocycles. The monoisotopic (exact) mass is 412 g/mol. The van der Waals surface area contributed by atoms with Crippen molar-refractivity contribution in [3.63, 3.8) is 0 Å². The molecule has 0 saturated heterocycles. The van der Waals surface area contributed by atoms with Crippen molar-refractivity contribution in [3.05, 3.63) is 76.6 Å². The molecule has 5 nitrogen and oxygen atoms in total. The van der Waals surface area contributed by atoms with Crippen LogP contribution in [0.25, 0.3) is 16.6 Å². The maximum atomic E-state index is 13.2. The fraction of sp³-hybridized carbons (Fsp3) is 0.346. The first kappa shape index (κ1) is 19.7. The summed E-state index contributed by atoms with van der Waals surface area (Å²) in [5.74, 6) is 0.229. The van der Waals surface area contributed by atoms with Crippen LogP contribution in [0.15, 0.2) is 48.5 Å². The Morgan fingerprint density at radius 1 is 1.06 bits per heavy atom. The Hall–Kier alpha value is -3.21. The molecule has 1 aliphatic rings. The highest BCUT2D eigenvalue weighted by atomic mass is 16.2. The van der Waals surface area contributed by atoms with E-state index in [0.717, 1.165) is 46.3 Å². The Kier molecular flexibility index (Phi) is 4.97. The van der Waals surface area contributed by atoms with E-state index in [1.807, 2.05) is 29.6 Å². The minimum absolute atomic E-state index is 0.229. The second kappa shape index (κ2) is 7.80. The lowest BCUT2D eigenvalue weighted by Crippen LogP contribution is -2.32. The van der Waals surface area contributed by atoms with Crippen LogP contribution >= 0.6 is 0 Å². The van der Waals surface area contributed by atoms with Gasteiger partial charge in [0, 0.05) is 35.8 Å². The van der Waals surface area contributed by atoms with Gasteiger partial charge in [-0.15, -0.1) is 0 Å². The number of nitrogens with zero attached hydrogens (tertiary/aromatic N) is 4. The molecule has 1 aliphatic carbocycles. The van der Waals surface area contributed by atoms with Crippen molar-refractivity contribution >= 4 is 22.5 Å². The maximum Gasteiger partial charge on any atom is 0.223 e. The molecule has 0 aliphatic heterocycles. The first-order chi connectivity index (χ1) is 15.0. The number of fused-ring (bicyclic) bond motifs is 3. The topological polar surface area (TPSA) is 50.5 Å². The van der Waals surface area contributed by atoms with Gasteiger partial charge in [-0.2, -0.15) is 5.10 Å². The standard InChI is InChI=1S/C26H28N4O/c1-17-8-10-20(11-9-17)16-29(21-12-13-21)25(31)15-14-22-18(2)27-26-23-6-4-5-7-24(23)28-30(26)19(22)3/h4-11,21H,12-16H2,1-3H3. The third kappa shape index (κ3) is 3.80. The Morgan fingerprint density at radius 2 is 1.81 bits per heavy atom. The van der Waals surface area contributed by atoms with E-state index in [2.05, 4.69) is 49.1 Å². The summed E-state index contributed by atoms with van der Waals surface area (Å²) < 4.78 is 1.93. The van der Waals surface area contributed by atoms with Gasteiger partial charge < -0.3 is 4.90 Å². The van der Waals surface area contributed by atoms with Crippen molar-refractivity contribution in [2.24, 2.45) is 0 Å². The van der Waals surface area contributed by atoms with Crippen LogP contribution in [0.4, 0.5) is 0 Å². The van der Waals surface area contributed by atoms with Crippen molar-refractivity contribution in [2.75, 3.05) is 0 Å². The lowest BCUT2D eigenvalue weighted by Gasteiger charge is -2.23. The number of hydrogen-bond acceptors (Lipinski definition) is 3. The molecule has 5 heteroatoms. The second-order valence-electron chi connectivity index (χ2n) is 8.75. The number of carbonyl (C=O) groups is 1. The minimum atomic E-state index is 0.229. The fourth-order valence-corrected chi connectivity index (χ4v) is 4.41. The summed E-state index contributed by atoms with van der Waals surface area (Å²) in [7, 11) is 0. The summed E-state index contributed by atoms with van der Waals surface area (Å²) in [4.78, 5) is 20.1. The summed E-state index contributed by atoms with van der Waals surface area (Å²) in [5, 5.41) is 5.80. The van der Waals surface area contributed by atoms with Crippen LogP contribution in [0, 0.1) is 20.8 Å². The molecule has 0 radical (unpaired) electrons. The van der Waals surface area contributed by atoms with Crippen LogP contribution in [-0.4, -0.2) is 31.4 Å². The van der Waals surface area contributed by atoms with Gasteiger partial charge in [0.1, 0.15) is 0 Å². The molecule has 31 heavy (non-hydrogen) atoms. The number of aromatic nitrogens is 3. The fourth-order valence-electron chi connectivity index (χ4n) is 4.41. The Labute approximate surface area is 182 Å². The van der Waals surface area contributed by atoms with Gasteiger partial charge in [-0.05, 0) is 63.3 Å². The average Bonchev–Trinajstić information content (AvgIpc) is 3.54. The lowest BCUT2D eigenvalue weighted by atomic mass is 10.1. The summed E-state index contributed by atoms with van der Waals surface area (Å²) in [5.41, 5.74) is 7.46. The highest BCUT2D eigenvalue weighted by Gasteiger charge is 2.32. The number of amides is 1. The van der Waals surface area contributed by atoms with Crippen molar-refractivity contribution in [3.8, 4) is 0 Å². The van der Waals surface area contributed by atoms with E-state index < -0.39 is 0 Å². The van der Waals surface area contributed by atoms with Crippen molar-refractivity contribution in [1.82, 2.24) is 19.5 Å². The Balaban J connectivity index is 1.37. The van der Waals surface area contributed by atoms with Crippen molar-refractivity contribution in [1.29, 1.82) is 0 Å². The molecule has 0 atom stereocenters. The van der Waals surface area contributed by atoms with E-state index in [4.69, 9.17) is 10.1 Å². The predicted molar refractivity (Wildman–Crippen MR) is 123 cm³/mol. The van der Waals surface area contributed by atoms with Gasteiger partial charge in [0.15, 0.2) is 5.65 Å². The summed E-state index contributed by atoms with van der Waals surface area (Å²) in [6, 6.07) is 17.0. The lowest BCUT2D eigenvalue weighted by molar-refractivity contribution is -0.132. The number of benzene rings is 2. The van der Waals surface area contributed by atoms with Gasteiger partial charge in [-0.3, -0.25) is 4.79 Å². The first-order valence-corrected chi connectivity index (χ1v) is 11.1. The van der Waals surface area contributed by atoms with Crippen LogP contribution in [0.5, 0.6) is 0 Å². The molecular formula is C26H28N4O. The molecule has 1 amide bonds. The molecule has 0 bridgehead atoms. The zero-order chi connectivity index (χ0) is 21.5. The third-order valence-corrected chi connectivity index (χ3v) is 6.39. The van der Waals surface area contributed by atoms with Crippen molar-refractivity contribution < 1.29 is 4.79 Å². The van der Waals surface area contributed by atoms with Crippen LogP contribution in [-0.2, 0) is 17.8 Å². The predicted octanol–water partition coefficient (Wildman–Crippen LogP) is 4.93. The molecule has 2 aromatic carbocycles. The van der Waals surface area contributed by atoms with Crippen LogP contribution < -0.4 is 0 Å². The van der Waals surface area contributed by atoms with Gasteiger partial charge in [0.05, 0.1) is 5.52 Å². The number of rotatable bonds is 6. The maximum absolute atomic E-state index is 13.2. The molecule has 5 rings (SSSR count). The van der Waals surface area contributed by atoms with Gasteiger partial charge >= 0.3 is 0 Å². The molecule has 0 spiro atoms. The number of carbonyl (C=O) groups excluding carboxylic acids is 1. The van der Waals surface area contributed by atoms with E-state index in [0.29, 0.717) is 25.4 Å². The number of aryl methyl sites for hydroxylation is 3. The molecule has 0 N–H and O–H groups in total. The normalized spacial score (nSPS) is 13.8. The third-order valence-electron chi connectivity index (χ3n) is 6.39. The summed E-state index contributed by atoms with van der Waals surface area (Å²) in [6.07, 6.45) is 3.41. The zero-order valence-corrected chi connectivity index (χ0v) is 18.4. The molecule has 4 aromatic rings. The molecular weight excluding hydrogens is 384 g/mol. The molecule has 0 unspecified atom stereocenters. The Morgan fingerprint density at radius 3 is 2.55 bits per heavy atom. The SMILES string of the molecule is Cc1ccc(CN(C(=O)CCc2c(C)nc3c4ccccc4nn3c2C)C2CC2)cc1. The first-order valence-electron chi connectivity index (χ1n) is 11.1. The summed E-state index contributed by atoms with van der Waals surface area (Å²) >= 11 is 0. The second-order valence-corrected chi connectivity index (χ2v) is 8.75. The van der Waals surface area contributed by atoms with Gasteiger partial charge in [-0.25, -0.2) is 9.50 Å². The highest BCUT2D eigenvalue weighted by Crippen LogP contribution is 2.30. The van der Waals surface area contributed by atoms with Crippen LogP contribution in [0.1, 0.15) is 47.3 Å². The van der Waals surface area contributed by atoms with Gasteiger partial charge in [-0.1, -0.05) is 42.0 Å². The van der Waals surface area contributed by atoms with Crippen LogP contribution in [0.3, 0.4) is 0 Å². The smallest absolute Gasteiger partial charge is 0.223 e. The van der Waals surface area contributed by atoms with E-state index >= 15 is 0 Å². The van der Waals surface area contributed by atoms with E-state index in [1.165, 1.54) is 11.1 Å². The molecule has 1 fully saturated rings. The van der Waals surface area contributed by atoms with E-state index in [9.17, 15) is 4.79 Å². The Bertz CT molecular complexity index is 1270. The quantitative estimate of drug-likeness (QED) is 0.451. The van der Waals surface area contributed by atoms with Crippen LogP contribution in [0.2, 0.25) is 0 Å². The molecule has 158 valence electrons. The number of hydrogen-bond donors (Lipinski definition) is 0. The zero-order valence-electron chi connectivity index (χ0n) is 18.4. The van der Waals surface area contributed by atoms with Gasteiger partial charge in [0.25, 0.3) is 0 Å².